The molecule has 304 valence electrons. The maximum absolute atomic E-state index is 6.55. The summed E-state index contributed by atoms with van der Waals surface area (Å²) < 4.78 is 13.0. The molecule has 1 aliphatic carbocycles. The van der Waals surface area contributed by atoms with Crippen LogP contribution in [0.2, 0.25) is 0 Å². The van der Waals surface area contributed by atoms with Crippen molar-refractivity contribution in [3.63, 3.8) is 0 Å². The minimum absolute atomic E-state index is 0.0714. The van der Waals surface area contributed by atoms with Crippen LogP contribution in [0, 0.1) is 0 Å². The molecular weight excluding hydrogens is 789 g/mol. The summed E-state index contributed by atoms with van der Waals surface area (Å²) in [7, 11) is 0. The van der Waals surface area contributed by atoms with E-state index >= 15 is 0 Å². The molecule has 13 aromatic rings. The molecule has 2 heteroatoms. The zero-order valence-corrected chi connectivity index (χ0v) is 35.9. The first-order valence-corrected chi connectivity index (χ1v) is 22.6. The third kappa shape index (κ3) is 5.29. The molecule has 0 amide bonds. The predicted octanol–water partition coefficient (Wildman–Crippen LogP) is 17.9. The van der Waals surface area contributed by atoms with Crippen molar-refractivity contribution in [1.82, 2.24) is 0 Å². The number of para-hydroxylation sites is 2. The molecule has 2 heterocycles. The number of rotatable bonds is 4. The quantitative estimate of drug-likeness (QED) is 0.165. The molecule has 2 nitrogen and oxygen atoms in total. The minimum Gasteiger partial charge on any atom is -0.456 e. The average Bonchev–Trinajstić information content (AvgIpc) is 3.99. The first-order chi connectivity index (χ1) is 32.0. The van der Waals surface area contributed by atoms with Crippen LogP contribution in [-0.4, -0.2) is 0 Å². The second-order valence-corrected chi connectivity index (χ2v) is 18.4. The first kappa shape index (κ1) is 36.3. The molecule has 0 aliphatic heterocycles. The topological polar surface area (TPSA) is 26.3 Å². The van der Waals surface area contributed by atoms with Crippen LogP contribution in [0.4, 0.5) is 0 Å². The van der Waals surface area contributed by atoms with Crippen LogP contribution in [-0.2, 0) is 5.41 Å². The Labute approximate surface area is 375 Å². The summed E-state index contributed by atoms with van der Waals surface area (Å²) in [4.78, 5) is 0. The zero-order chi connectivity index (χ0) is 43.0. The number of furan rings is 2. The van der Waals surface area contributed by atoms with Crippen molar-refractivity contribution in [3.05, 3.63) is 217 Å². The van der Waals surface area contributed by atoms with Gasteiger partial charge in [-0.2, -0.15) is 0 Å². The van der Waals surface area contributed by atoms with E-state index < -0.39 is 0 Å². The van der Waals surface area contributed by atoms with Crippen LogP contribution in [0.5, 0.6) is 0 Å². The Morgan fingerprint density at radius 1 is 0.292 bits per heavy atom. The third-order valence-corrected chi connectivity index (χ3v) is 14.5. The van der Waals surface area contributed by atoms with E-state index in [4.69, 9.17) is 8.83 Å². The summed E-state index contributed by atoms with van der Waals surface area (Å²) >= 11 is 0. The smallest absolute Gasteiger partial charge is 0.143 e. The second kappa shape index (κ2) is 13.4. The van der Waals surface area contributed by atoms with Crippen molar-refractivity contribution >= 4 is 76.2 Å². The van der Waals surface area contributed by atoms with Gasteiger partial charge in [0.15, 0.2) is 0 Å². The van der Waals surface area contributed by atoms with E-state index in [1.165, 1.54) is 88.0 Å². The summed E-state index contributed by atoms with van der Waals surface area (Å²) in [5.41, 5.74) is 18.4. The van der Waals surface area contributed by atoms with Gasteiger partial charge in [-0.15, -0.1) is 0 Å². The lowest BCUT2D eigenvalue weighted by Gasteiger charge is -2.22. The van der Waals surface area contributed by atoms with Crippen LogP contribution in [0.15, 0.2) is 215 Å². The SMILES string of the molecule is CC1(C)c2ccc(-c3ccc4oc5ccc(-c6c7ccccc7c(-c7ccc(-c8cccc9c8oc8ccccc89)cc7)c7ccccc67)cc5c4c3)cc2-c2cc3ccccc3cc21. The molecule has 0 saturated heterocycles. The highest BCUT2D eigenvalue weighted by atomic mass is 16.3. The molecule has 0 fully saturated rings. The van der Waals surface area contributed by atoms with E-state index in [0.717, 1.165) is 55.0 Å². The van der Waals surface area contributed by atoms with Gasteiger partial charge >= 0.3 is 0 Å². The molecule has 1 aliphatic rings. The molecule has 65 heavy (non-hydrogen) atoms. The highest BCUT2D eigenvalue weighted by Gasteiger charge is 2.36. The number of benzene rings is 11. The van der Waals surface area contributed by atoms with E-state index in [2.05, 4.69) is 208 Å². The van der Waals surface area contributed by atoms with Gasteiger partial charge in [0.1, 0.15) is 22.3 Å². The van der Waals surface area contributed by atoms with Crippen molar-refractivity contribution in [2.24, 2.45) is 0 Å². The van der Waals surface area contributed by atoms with Gasteiger partial charge in [0.2, 0.25) is 0 Å². The van der Waals surface area contributed by atoms with Crippen LogP contribution in [0.1, 0.15) is 25.0 Å². The van der Waals surface area contributed by atoms with Gasteiger partial charge < -0.3 is 8.83 Å². The van der Waals surface area contributed by atoms with Gasteiger partial charge in [-0.05, 0) is 142 Å². The largest absolute Gasteiger partial charge is 0.456 e. The minimum atomic E-state index is -0.0714. The predicted molar refractivity (Wildman–Crippen MR) is 273 cm³/mol. The van der Waals surface area contributed by atoms with Gasteiger partial charge in [0.05, 0.1) is 0 Å². The lowest BCUT2D eigenvalue weighted by Crippen LogP contribution is -2.14. The van der Waals surface area contributed by atoms with Crippen molar-refractivity contribution in [2.75, 3.05) is 0 Å². The Balaban J connectivity index is 0.890. The Kier molecular flexibility index (Phi) is 7.49. The van der Waals surface area contributed by atoms with Crippen LogP contribution >= 0.6 is 0 Å². The van der Waals surface area contributed by atoms with Gasteiger partial charge in [-0.1, -0.05) is 172 Å². The van der Waals surface area contributed by atoms with Crippen molar-refractivity contribution in [1.29, 1.82) is 0 Å². The van der Waals surface area contributed by atoms with E-state index in [-0.39, 0.29) is 5.41 Å². The Bertz CT molecular complexity index is 4080. The summed E-state index contributed by atoms with van der Waals surface area (Å²) in [6.45, 7) is 4.71. The maximum atomic E-state index is 6.55. The lowest BCUT2D eigenvalue weighted by molar-refractivity contribution is 0.661. The van der Waals surface area contributed by atoms with E-state index in [1.54, 1.807) is 0 Å². The van der Waals surface area contributed by atoms with Gasteiger partial charge in [0, 0.05) is 32.5 Å². The van der Waals surface area contributed by atoms with E-state index in [0.29, 0.717) is 0 Å². The lowest BCUT2D eigenvalue weighted by atomic mass is 9.81. The summed E-state index contributed by atoms with van der Waals surface area (Å²) in [5.74, 6) is 0. The molecule has 0 spiro atoms. The zero-order valence-electron chi connectivity index (χ0n) is 35.9. The normalized spacial score (nSPS) is 13.2. The van der Waals surface area contributed by atoms with Crippen molar-refractivity contribution < 1.29 is 8.83 Å². The number of fused-ring (bicyclic) bond motifs is 12. The van der Waals surface area contributed by atoms with Gasteiger partial charge in [-0.25, -0.2) is 0 Å². The Morgan fingerprint density at radius 3 is 1.49 bits per heavy atom. The molecular formula is C63H40O2. The van der Waals surface area contributed by atoms with E-state index in [9.17, 15) is 0 Å². The summed E-state index contributed by atoms with van der Waals surface area (Å²) in [5, 5.41) is 12.0. The van der Waals surface area contributed by atoms with Gasteiger partial charge in [0.25, 0.3) is 0 Å². The molecule has 14 rings (SSSR count). The fourth-order valence-electron chi connectivity index (χ4n) is 11.3. The average molecular weight is 829 g/mol. The highest BCUT2D eigenvalue weighted by molar-refractivity contribution is 6.22. The molecule has 0 N–H and O–H groups in total. The van der Waals surface area contributed by atoms with E-state index in [1.807, 2.05) is 12.1 Å². The van der Waals surface area contributed by atoms with Crippen LogP contribution < -0.4 is 0 Å². The molecule has 0 radical (unpaired) electrons. The summed E-state index contributed by atoms with van der Waals surface area (Å²) in [6.07, 6.45) is 0. The van der Waals surface area contributed by atoms with Gasteiger partial charge in [-0.3, -0.25) is 0 Å². The number of hydrogen-bond donors (Lipinski definition) is 0. The Morgan fingerprint density at radius 2 is 0.785 bits per heavy atom. The monoisotopic (exact) mass is 828 g/mol. The maximum Gasteiger partial charge on any atom is 0.143 e. The third-order valence-electron chi connectivity index (χ3n) is 14.5. The molecule has 0 unspecified atom stereocenters. The van der Waals surface area contributed by atoms with Crippen LogP contribution in [0.3, 0.4) is 0 Å². The molecule has 0 bridgehead atoms. The standard InChI is InChI=1S/C63H40O2/c1-63(2)55-29-26-41(33-51(55)52-32-39-12-3-4-13-40(39)36-56(52)63)42-27-30-58-53(34-42)54-35-43(28-31-59(54)64-58)61-48-17-7-5-15-46(48)60(47-16-6-8-18-49(47)61)38-24-22-37(23-25-38)44-19-11-20-50-45-14-9-10-21-57(45)65-62(44)50/h3-36H,1-2H3. The molecule has 2 aromatic heterocycles. The highest BCUT2D eigenvalue weighted by Crippen LogP contribution is 2.51. The fraction of sp³-hybridized carbons (Fsp3) is 0.0476. The number of hydrogen-bond acceptors (Lipinski definition) is 2. The molecule has 11 aromatic carbocycles. The second-order valence-electron chi connectivity index (χ2n) is 18.4. The summed E-state index contributed by atoms with van der Waals surface area (Å²) in [6, 6.07) is 75.5. The molecule has 0 saturated carbocycles. The Hall–Kier alpha value is -8.20. The van der Waals surface area contributed by atoms with Crippen molar-refractivity contribution in [2.45, 2.75) is 19.3 Å². The first-order valence-electron chi connectivity index (χ1n) is 22.6. The van der Waals surface area contributed by atoms with Crippen LogP contribution in [0.25, 0.3) is 132 Å². The molecule has 0 atom stereocenters. The fourth-order valence-corrected chi connectivity index (χ4v) is 11.3. The van der Waals surface area contributed by atoms with Crippen molar-refractivity contribution in [3.8, 4) is 55.6 Å².